The highest BCUT2D eigenvalue weighted by Crippen LogP contribution is 1.95. The molecule has 0 amide bonds. The maximum atomic E-state index is 4.89. The Hall–Kier alpha value is -1.30. The average molecular weight is 155 g/mol. The minimum atomic E-state index is 0.630. The molecule has 0 aliphatic carbocycles. The molecule has 10 heavy (non-hydrogen) atoms. The Morgan fingerprint density at radius 2 is 2.60 bits per heavy atom. The van der Waals surface area contributed by atoms with E-state index in [-0.39, 0.29) is 0 Å². The van der Waals surface area contributed by atoms with E-state index in [4.69, 9.17) is 4.52 Å². The van der Waals surface area contributed by atoms with Crippen LogP contribution in [0.4, 0.5) is 0 Å². The maximum Gasteiger partial charge on any atom is 0.464 e. The van der Waals surface area contributed by atoms with E-state index in [0.29, 0.717) is 5.13 Å². The molecule has 5 nitrogen and oxygen atoms in total. The van der Waals surface area contributed by atoms with Crippen molar-refractivity contribution >= 4 is 11.5 Å². The van der Waals surface area contributed by atoms with Gasteiger partial charge in [0, 0.05) is 0 Å². The second kappa shape index (κ2) is 2.14. The molecule has 0 unspecified atom stereocenters. The van der Waals surface area contributed by atoms with Gasteiger partial charge in [0.15, 0.2) is 6.26 Å². The summed E-state index contributed by atoms with van der Waals surface area (Å²) in [4.78, 5) is 5.18. The van der Waals surface area contributed by atoms with Crippen molar-refractivity contribution < 1.29 is 9.38 Å². The van der Waals surface area contributed by atoms with Crippen molar-refractivity contribution in [2.45, 2.75) is 0 Å². The summed E-state index contributed by atoms with van der Waals surface area (Å²) in [5.74, 6) is 0. The van der Waals surface area contributed by atoms with Crippen LogP contribution in [0.1, 0.15) is 0 Å². The minimum Gasteiger partial charge on any atom is -0.279 e. The van der Waals surface area contributed by atoms with Crippen LogP contribution >= 0.6 is 11.5 Å². The molecule has 0 bridgehead atoms. The number of hydrogen-bond acceptors (Lipinski definition) is 5. The monoisotopic (exact) mass is 155 g/mol. The first kappa shape index (κ1) is 5.48. The van der Waals surface area contributed by atoms with Crippen LogP contribution in [0.2, 0.25) is 0 Å². The molecule has 2 aromatic heterocycles. The second-order valence-corrected chi connectivity index (χ2v) is 2.26. The number of nitrogens with zero attached hydrogens (tertiary/aromatic N) is 4. The maximum absolute atomic E-state index is 4.89. The van der Waals surface area contributed by atoms with Gasteiger partial charge in [-0.15, -0.1) is 4.37 Å². The van der Waals surface area contributed by atoms with Crippen LogP contribution < -0.4 is 4.85 Å². The van der Waals surface area contributed by atoms with E-state index in [1.54, 1.807) is 6.20 Å². The first-order chi connectivity index (χ1) is 4.97. The van der Waals surface area contributed by atoms with Gasteiger partial charge < -0.3 is 0 Å². The van der Waals surface area contributed by atoms with Gasteiger partial charge in [-0.2, -0.15) is 0 Å². The van der Waals surface area contributed by atoms with E-state index < -0.39 is 0 Å². The Kier molecular flexibility index (Phi) is 1.17. The van der Waals surface area contributed by atoms with Crippen molar-refractivity contribution in [3.05, 3.63) is 18.8 Å². The van der Waals surface area contributed by atoms with Gasteiger partial charge in [-0.25, -0.2) is 0 Å². The summed E-state index contributed by atoms with van der Waals surface area (Å²) in [5, 5.41) is 4.45. The Labute approximate surface area is 60.1 Å². The lowest BCUT2D eigenvalue weighted by molar-refractivity contribution is -0.832. The SMILES string of the molecule is c1nsc(-[n+]2ncco2)n1. The third kappa shape index (κ3) is 0.781. The normalized spacial score (nSPS) is 10.0. The molecule has 0 saturated carbocycles. The highest BCUT2D eigenvalue weighted by atomic mass is 32.1. The molecule has 0 aliphatic heterocycles. The zero-order valence-corrected chi connectivity index (χ0v) is 5.65. The average Bonchev–Trinajstić information content (AvgIpc) is 2.59. The van der Waals surface area contributed by atoms with Crippen molar-refractivity contribution in [1.82, 2.24) is 14.5 Å². The molecule has 0 fully saturated rings. The first-order valence-corrected chi connectivity index (χ1v) is 3.33. The topological polar surface area (TPSA) is 55.7 Å². The first-order valence-electron chi connectivity index (χ1n) is 2.56. The summed E-state index contributed by atoms with van der Waals surface area (Å²) in [7, 11) is 0. The predicted molar refractivity (Wildman–Crippen MR) is 31.5 cm³/mol. The third-order valence-electron chi connectivity index (χ3n) is 0.906. The largest absolute Gasteiger partial charge is 0.464 e. The summed E-state index contributed by atoms with van der Waals surface area (Å²) in [6, 6.07) is 0. The van der Waals surface area contributed by atoms with Crippen LogP contribution in [0.25, 0.3) is 5.13 Å². The van der Waals surface area contributed by atoms with Gasteiger partial charge in [-0.3, -0.25) is 4.52 Å². The molecule has 6 heteroatoms. The minimum absolute atomic E-state index is 0.630. The van der Waals surface area contributed by atoms with Gasteiger partial charge in [0.1, 0.15) is 6.20 Å². The lowest BCUT2D eigenvalue weighted by Crippen LogP contribution is -2.30. The van der Waals surface area contributed by atoms with Crippen LogP contribution in [-0.4, -0.2) is 14.5 Å². The number of aromatic nitrogens is 4. The van der Waals surface area contributed by atoms with E-state index in [9.17, 15) is 0 Å². The molecule has 0 radical (unpaired) electrons. The van der Waals surface area contributed by atoms with Gasteiger partial charge in [-0.05, 0) is 10.1 Å². The standard InChI is InChI=1S/C4H3N4OS/c1-2-9-8(6-1)4-5-3-7-10-4/h1-3H/q+1. The molecule has 0 N–H and O–H groups in total. The van der Waals surface area contributed by atoms with Crippen molar-refractivity contribution in [3.63, 3.8) is 0 Å². The van der Waals surface area contributed by atoms with Crippen LogP contribution in [0.5, 0.6) is 0 Å². The van der Waals surface area contributed by atoms with Crippen molar-refractivity contribution in [3.8, 4) is 5.13 Å². The predicted octanol–water partition coefficient (Wildman–Crippen LogP) is -0.197. The smallest absolute Gasteiger partial charge is 0.279 e. The lowest BCUT2D eigenvalue weighted by atomic mass is 11.0. The second-order valence-electron chi connectivity index (χ2n) is 1.50. The van der Waals surface area contributed by atoms with Crippen molar-refractivity contribution in [1.29, 1.82) is 0 Å². The summed E-state index contributed by atoms with van der Waals surface area (Å²) in [6.45, 7) is 0. The van der Waals surface area contributed by atoms with Crippen LogP contribution in [0.15, 0.2) is 23.3 Å². The Bertz CT molecular complexity index is 257. The fourth-order valence-electron chi connectivity index (χ4n) is 0.546. The Balaban J connectivity index is 2.48. The molecule has 0 atom stereocenters. The Morgan fingerprint density at radius 3 is 3.20 bits per heavy atom. The third-order valence-corrected chi connectivity index (χ3v) is 1.53. The van der Waals surface area contributed by atoms with Gasteiger partial charge in [0.25, 0.3) is 0 Å². The van der Waals surface area contributed by atoms with Crippen LogP contribution in [-0.2, 0) is 0 Å². The molecular weight excluding hydrogens is 152 g/mol. The molecule has 2 aromatic rings. The highest BCUT2D eigenvalue weighted by molar-refractivity contribution is 7.07. The van der Waals surface area contributed by atoms with Gasteiger partial charge >= 0.3 is 5.13 Å². The lowest BCUT2D eigenvalue weighted by Gasteiger charge is -1.72. The van der Waals surface area contributed by atoms with Crippen LogP contribution in [0, 0.1) is 0 Å². The molecule has 0 spiro atoms. The zero-order valence-electron chi connectivity index (χ0n) is 4.84. The van der Waals surface area contributed by atoms with E-state index >= 15 is 0 Å². The molecule has 2 rings (SSSR count). The van der Waals surface area contributed by atoms with Gasteiger partial charge in [0.2, 0.25) is 6.33 Å². The van der Waals surface area contributed by atoms with Gasteiger partial charge in [0.05, 0.1) is 16.4 Å². The summed E-state index contributed by atoms with van der Waals surface area (Å²) in [6.07, 6.45) is 4.47. The van der Waals surface area contributed by atoms with E-state index in [1.165, 1.54) is 29.0 Å². The molecule has 0 saturated heterocycles. The Morgan fingerprint density at radius 1 is 1.60 bits per heavy atom. The van der Waals surface area contributed by atoms with Crippen molar-refractivity contribution in [2.75, 3.05) is 0 Å². The number of rotatable bonds is 1. The molecule has 50 valence electrons. The van der Waals surface area contributed by atoms with Crippen LogP contribution in [0.3, 0.4) is 0 Å². The fraction of sp³-hybridized carbons (Fsp3) is 0. The molecule has 0 aliphatic rings. The summed E-state index contributed by atoms with van der Waals surface area (Å²) < 4.78 is 8.68. The van der Waals surface area contributed by atoms with E-state index in [1.807, 2.05) is 0 Å². The molecule has 2 heterocycles. The van der Waals surface area contributed by atoms with E-state index in [2.05, 4.69) is 14.5 Å². The molecule has 0 aromatic carbocycles. The van der Waals surface area contributed by atoms with E-state index in [0.717, 1.165) is 0 Å². The highest BCUT2D eigenvalue weighted by Gasteiger charge is 2.12. The molecular formula is C4H3N4OS+. The zero-order chi connectivity index (χ0) is 6.81. The quantitative estimate of drug-likeness (QED) is 0.535. The summed E-state index contributed by atoms with van der Waals surface area (Å²) in [5.41, 5.74) is 0. The number of hydrogen-bond donors (Lipinski definition) is 0. The van der Waals surface area contributed by atoms with Gasteiger partial charge in [-0.1, -0.05) is 0 Å². The summed E-state index contributed by atoms with van der Waals surface area (Å²) >= 11 is 1.23. The van der Waals surface area contributed by atoms with Crippen molar-refractivity contribution in [2.24, 2.45) is 0 Å². The fourth-order valence-corrected chi connectivity index (χ4v) is 0.989.